The van der Waals surface area contributed by atoms with Gasteiger partial charge in [0.1, 0.15) is 5.75 Å². The summed E-state index contributed by atoms with van der Waals surface area (Å²) >= 11 is 0. The largest absolute Gasteiger partial charge is 0.493 e. The highest BCUT2D eigenvalue weighted by molar-refractivity contribution is 5.85. The molecule has 1 aromatic carbocycles. The SMILES string of the molecule is Cl.NCCN1C(=O)CC[C@H]2CN(C(=O)CCOc3ccccc3)CC[C@H]21. The number of likely N-dealkylation sites (tertiary alicyclic amines) is 2. The summed E-state index contributed by atoms with van der Waals surface area (Å²) in [5.41, 5.74) is 5.65. The summed E-state index contributed by atoms with van der Waals surface area (Å²) in [5, 5.41) is 0. The molecule has 2 aliphatic rings. The molecule has 2 amide bonds. The number of fused-ring (bicyclic) bond motifs is 1. The van der Waals surface area contributed by atoms with Crippen molar-refractivity contribution in [2.45, 2.75) is 31.7 Å². The van der Waals surface area contributed by atoms with Crippen LogP contribution in [0.25, 0.3) is 0 Å². The van der Waals surface area contributed by atoms with Gasteiger partial charge in [-0.25, -0.2) is 0 Å². The van der Waals surface area contributed by atoms with Crippen molar-refractivity contribution in [2.75, 3.05) is 32.8 Å². The van der Waals surface area contributed by atoms with Crippen LogP contribution in [-0.2, 0) is 9.59 Å². The Morgan fingerprint density at radius 2 is 2.00 bits per heavy atom. The molecule has 7 heteroatoms. The number of carbonyl (C=O) groups excluding carboxylic acids is 2. The number of halogens is 1. The van der Waals surface area contributed by atoms with Crippen LogP contribution in [0, 0.1) is 5.92 Å². The second-order valence-corrected chi connectivity index (χ2v) is 6.78. The van der Waals surface area contributed by atoms with E-state index in [2.05, 4.69) is 0 Å². The molecule has 2 heterocycles. The van der Waals surface area contributed by atoms with E-state index in [4.69, 9.17) is 10.5 Å². The van der Waals surface area contributed by atoms with Gasteiger partial charge in [-0.15, -0.1) is 12.4 Å². The maximum absolute atomic E-state index is 12.5. The Balaban J connectivity index is 0.00000243. The van der Waals surface area contributed by atoms with Crippen molar-refractivity contribution in [1.82, 2.24) is 9.80 Å². The summed E-state index contributed by atoms with van der Waals surface area (Å²) in [4.78, 5) is 28.5. The first-order valence-corrected chi connectivity index (χ1v) is 9.14. The highest BCUT2D eigenvalue weighted by atomic mass is 35.5. The van der Waals surface area contributed by atoms with E-state index in [-0.39, 0.29) is 30.3 Å². The molecule has 2 saturated heterocycles. The quantitative estimate of drug-likeness (QED) is 0.813. The fraction of sp³-hybridized carbons (Fsp3) is 0.579. The molecule has 0 aromatic heterocycles. The number of amides is 2. The number of piperidine rings is 2. The van der Waals surface area contributed by atoms with E-state index >= 15 is 0 Å². The predicted octanol–water partition coefficient (Wildman–Crippen LogP) is 1.68. The van der Waals surface area contributed by atoms with E-state index in [1.165, 1.54) is 0 Å². The van der Waals surface area contributed by atoms with Gasteiger partial charge in [-0.1, -0.05) is 18.2 Å². The van der Waals surface area contributed by atoms with Gasteiger partial charge in [-0.3, -0.25) is 9.59 Å². The van der Waals surface area contributed by atoms with Gasteiger partial charge in [0, 0.05) is 38.6 Å². The normalized spacial score (nSPS) is 22.4. The molecular weight excluding hydrogens is 354 g/mol. The van der Waals surface area contributed by atoms with Crippen LogP contribution in [0.4, 0.5) is 0 Å². The molecule has 0 saturated carbocycles. The van der Waals surface area contributed by atoms with E-state index in [9.17, 15) is 9.59 Å². The lowest BCUT2D eigenvalue weighted by atomic mass is 9.83. The average Bonchev–Trinajstić information content (AvgIpc) is 2.64. The third-order valence-electron chi connectivity index (χ3n) is 5.19. The Kier molecular flexibility index (Phi) is 7.72. The highest BCUT2D eigenvalue weighted by Crippen LogP contribution is 2.31. The number of ether oxygens (including phenoxy) is 1. The van der Waals surface area contributed by atoms with Crippen LogP contribution < -0.4 is 10.5 Å². The fourth-order valence-corrected chi connectivity index (χ4v) is 3.94. The monoisotopic (exact) mass is 381 g/mol. The van der Waals surface area contributed by atoms with Crippen molar-refractivity contribution in [3.63, 3.8) is 0 Å². The van der Waals surface area contributed by atoms with Crippen molar-refractivity contribution in [3.8, 4) is 5.75 Å². The molecule has 3 rings (SSSR count). The first-order chi connectivity index (χ1) is 12.2. The molecule has 1 aromatic rings. The highest BCUT2D eigenvalue weighted by Gasteiger charge is 2.39. The lowest BCUT2D eigenvalue weighted by Crippen LogP contribution is -2.57. The molecule has 0 bridgehead atoms. The van der Waals surface area contributed by atoms with Crippen LogP contribution >= 0.6 is 12.4 Å². The predicted molar refractivity (Wildman–Crippen MR) is 102 cm³/mol. The Bertz CT molecular complexity index is 599. The second-order valence-electron chi connectivity index (χ2n) is 6.78. The van der Waals surface area contributed by atoms with Gasteiger partial charge in [0.25, 0.3) is 0 Å². The fourth-order valence-electron chi connectivity index (χ4n) is 3.94. The molecule has 2 N–H and O–H groups in total. The third-order valence-corrected chi connectivity index (χ3v) is 5.19. The van der Waals surface area contributed by atoms with Crippen molar-refractivity contribution in [1.29, 1.82) is 0 Å². The minimum Gasteiger partial charge on any atom is -0.493 e. The van der Waals surface area contributed by atoms with Crippen LogP contribution in [-0.4, -0.2) is 60.4 Å². The number of rotatable bonds is 6. The molecule has 2 fully saturated rings. The molecule has 0 aliphatic carbocycles. The van der Waals surface area contributed by atoms with Crippen molar-refractivity contribution < 1.29 is 14.3 Å². The van der Waals surface area contributed by atoms with Gasteiger partial charge >= 0.3 is 0 Å². The number of nitrogens with two attached hydrogens (primary N) is 1. The molecule has 0 radical (unpaired) electrons. The van der Waals surface area contributed by atoms with Crippen LogP contribution in [0.2, 0.25) is 0 Å². The van der Waals surface area contributed by atoms with Crippen molar-refractivity contribution in [2.24, 2.45) is 11.7 Å². The molecule has 0 spiro atoms. The number of benzene rings is 1. The maximum Gasteiger partial charge on any atom is 0.226 e. The van der Waals surface area contributed by atoms with Crippen LogP contribution in [0.1, 0.15) is 25.7 Å². The summed E-state index contributed by atoms with van der Waals surface area (Å²) in [6.07, 6.45) is 2.68. The van der Waals surface area contributed by atoms with E-state index in [1.807, 2.05) is 40.1 Å². The average molecular weight is 382 g/mol. The molecule has 2 aliphatic heterocycles. The summed E-state index contributed by atoms with van der Waals surface area (Å²) < 4.78 is 5.62. The number of nitrogens with zero attached hydrogens (tertiary/aromatic N) is 2. The minimum atomic E-state index is 0. The molecule has 0 unspecified atom stereocenters. The zero-order valence-corrected chi connectivity index (χ0v) is 15.8. The minimum absolute atomic E-state index is 0. The summed E-state index contributed by atoms with van der Waals surface area (Å²) in [7, 11) is 0. The lowest BCUT2D eigenvalue weighted by Gasteiger charge is -2.47. The van der Waals surface area contributed by atoms with Crippen LogP contribution in [0.3, 0.4) is 0 Å². The molecule has 2 atom stereocenters. The first-order valence-electron chi connectivity index (χ1n) is 9.14. The molecule has 144 valence electrons. The third kappa shape index (κ3) is 4.89. The summed E-state index contributed by atoms with van der Waals surface area (Å²) in [5.74, 6) is 1.51. The van der Waals surface area contributed by atoms with Crippen molar-refractivity contribution >= 4 is 24.2 Å². The van der Waals surface area contributed by atoms with E-state index in [0.717, 1.165) is 25.1 Å². The van der Waals surface area contributed by atoms with Gasteiger partial charge in [-0.05, 0) is 30.9 Å². The number of para-hydroxylation sites is 1. The molecule has 26 heavy (non-hydrogen) atoms. The summed E-state index contributed by atoms with van der Waals surface area (Å²) in [6, 6.07) is 9.79. The van der Waals surface area contributed by atoms with E-state index in [1.54, 1.807) is 0 Å². The smallest absolute Gasteiger partial charge is 0.226 e. The second kappa shape index (κ2) is 9.78. The maximum atomic E-state index is 12.5. The zero-order chi connectivity index (χ0) is 17.6. The zero-order valence-electron chi connectivity index (χ0n) is 15.0. The lowest BCUT2D eigenvalue weighted by molar-refractivity contribution is -0.144. The van der Waals surface area contributed by atoms with Gasteiger partial charge in [0.05, 0.1) is 13.0 Å². The Labute approximate surface area is 161 Å². The summed E-state index contributed by atoms with van der Waals surface area (Å²) in [6.45, 7) is 2.96. The first kappa shape index (κ1) is 20.5. The number of carbonyl (C=O) groups is 2. The van der Waals surface area contributed by atoms with Crippen molar-refractivity contribution in [3.05, 3.63) is 30.3 Å². The van der Waals surface area contributed by atoms with E-state index < -0.39 is 0 Å². The molecule has 6 nitrogen and oxygen atoms in total. The van der Waals surface area contributed by atoms with Crippen LogP contribution in [0.15, 0.2) is 30.3 Å². The van der Waals surface area contributed by atoms with Gasteiger partial charge in [-0.2, -0.15) is 0 Å². The molecular formula is C19H28ClN3O3. The van der Waals surface area contributed by atoms with Crippen LogP contribution in [0.5, 0.6) is 5.75 Å². The standard InChI is InChI=1S/C19H27N3O3.ClH/c20-10-12-22-17-8-11-21(14-15(17)6-7-19(22)24)18(23)9-13-25-16-4-2-1-3-5-16;/h1-5,15,17H,6-14,20H2;1H/t15-,17+;/m0./s1. The van der Waals surface area contributed by atoms with E-state index in [0.29, 0.717) is 45.0 Å². The van der Waals surface area contributed by atoms with Gasteiger partial charge in [0.2, 0.25) is 11.8 Å². The topological polar surface area (TPSA) is 75.9 Å². The number of hydrogen-bond acceptors (Lipinski definition) is 4. The Morgan fingerprint density at radius 1 is 1.23 bits per heavy atom. The Hall–Kier alpha value is -1.79. The van der Waals surface area contributed by atoms with Gasteiger partial charge in [0.15, 0.2) is 0 Å². The Morgan fingerprint density at radius 3 is 2.73 bits per heavy atom. The number of hydrogen-bond donors (Lipinski definition) is 1. The van der Waals surface area contributed by atoms with Gasteiger partial charge < -0.3 is 20.3 Å².